The van der Waals surface area contributed by atoms with Gasteiger partial charge in [-0.3, -0.25) is 4.79 Å². The fourth-order valence-electron chi connectivity index (χ4n) is 2.00. The first-order chi connectivity index (χ1) is 10.6. The van der Waals surface area contributed by atoms with Gasteiger partial charge in [-0.15, -0.1) is 0 Å². The van der Waals surface area contributed by atoms with Crippen LogP contribution in [0.4, 0.5) is 5.69 Å². The van der Waals surface area contributed by atoms with Gasteiger partial charge >= 0.3 is 0 Å². The van der Waals surface area contributed by atoms with E-state index >= 15 is 0 Å². The van der Waals surface area contributed by atoms with E-state index in [9.17, 15) is 13.2 Å². The van der Waals surface area contributed by atoms with Crippen molar-refractivity contribution in [1.29, 1.82) is 0 Å². The van der Waals surface area contributed by atoms with Crippen molar-refractivity contribution in [3.8, 4) is 0 Å². The minimum Gasteiger partial charge on any atom is -0.459 e. The van der Waals surface area contributed by atoms with E-state index in [4.69, 9.17) is 4.42 Å². The molecule has 0 aliphatic carbocycles. The van der Waals surface area contributed by atoms with E-state index in [2.05, 4.69) is 10.0 Å². The van der Waals surface area contributed by atoms with Gasteiger partial charge in [0.05, 0.1) is 11.2 Å². The maximum atomic E-state index is 12.3. The summed E-state index contributed by atoms with van der Waals surface area (Å²) >= 11 is 0. The molecule has 1 amide bonds. The van der Waals surface area contributed by atoms with E-state index in [0.29, 0.717) is 11.3 Å². The number of amides is 1. The molecule has 0 bridgehead atoms. The first-order valence-corrected chi connectivity index (χ1v) is 8.56. The van der Waals surface area contributed by atoms with Crippen LogP contribution in [0, 0.1) is 6.92 Å². The number of aryl methyl sites for hydroxylation is 1. The summed E-state index contributed by atoms with van der Waals surface area (Å²) in [6.07, 6.45) is 1.43. The van der Waals surface area contributed by atoms with Crippen LogP contribution in [0.1, 0.15) is 36.9 Å². The minimum atomic E-state index is -3.66. The smallest absolute Gasteiger partial charge is 0.291 e. The maximum Gasteiger partial charge on any atom is 0.291 e. The fraction of sp³-hybridized carbons (Fsp3) is 0.312. The minimum absolute atomic E-state index is 0.0846. The number of hydrogen-bond donors (Lipinski definition) is 2. The molecular formula is C16H20N2O4S. The van der Waals surface area contributed by atoms with Crippen molar-refractivity contribution < 1.29 is 17.6 Å². The number of benzene rings is 1. The SMILES string of the molecule is Cc1ccoc1C(=O)Nc1cccc(S(=O)(=O)NC(C)(C)C)c1. The standard InChI is InChI=1S/C16H20N2O4S/c1-11-8-9-22-14(11)15(19)17-12-6-5-7-13(10-12)23(20,21)18-16(2,3)4/h5-10,18H,1-4H3,(H,17,19). The normalized spacial score (nSPS) is 12.2. The van der Waals surface area contributed by atoms with Crippen LogP contribution in [0.2, 0.25) is 0 Å². The van der Waals surface area contributed by atoms with E-state index in [1.54, 1.807) is 45.9 Å². The fourth-order valence-corrected chi connectivity index (χ4v) is 3.46. The van der Waals surface area contributed by atoms with Crippen LogP contribution in [-0.4, -0.2) is 19.9 Å². The number of hydrogen-bond acceptors (Lipinski definition) is 4. The van der Waals surface area contributed by atoms with Gasteiger partial charge in [-0.05, 0) is 52.0 Å². The summed E-state index contributed by atoms with van der Waals surface area (Å²) in [5.74, 6) is -0.225. The van der Waals surface area contributed by atoms with Crippen LogP contribution in [0.5, 0.6) is 0 Å². The molecule has 6 nitrogen and oxygen atoms in total. The van der Waals surface area contributed by atoms with Gasteiger partial charge in [0.25, 0.3) is 5.91 Å². The molecule has 2 aromatic rings. The van der Waals surface area contributed by atoms with Crippen molar-refractivity contribution in [2.24, 2.45) is 0 Å². The molecule has 0 saturated heterocycles. The first-order valence-electron chi connectivity index (χ1n) is 7.08. The summed E-state index contributed by atoms with van der Waals surface area (Å²) in [6.45, 7) is 7.04. The molecule has 0 atom stereocenters. The first kappa shape index (κ1) is 17.2. The van der Waals surface area contributed by atoms with Gasteiger partial charge in [-0.2, -0.15) is 0 Å². The summed E-state index contributed by atoms with van der Waals surface area (Å²) in [5.41, 5.74) is 0.492. The van der Waals surface area contributed by atoms with E-state index in [0.717, 1.165) is 0 Å². The Morgan fingerprint density at radius 2 is 1.87 bits per heavy atom. The number of furan rings is 1. The summed E-state index contributed by atoms with van der Waals surface area (Å²) in [7, 11) is -3.66. The quantitative estimate of drug-likeness (QED) is 0.898. The van der Waals surface area contributed by atoms with E-state index < -0.39 is 21.5 Å². The maximum absolute atomic E-state index is 12.3. The number of nitrogens with one attached hydrogen (secondary N) is 2. The van der Waals surface area contributed by atoms with Gasteiger partial charge in [0.2, 0.25) is 10.0 Å². The predicted molar refractivity (Wildman–Crippen MR) is 87.9 cm³/mol. The molecule has 0 aliphatic heterocycles. The molecule has 0 spiro atoms. The second kappa shape index (κ2) is 6.17. The van der Waals surface area contributed by atoms with Crippen molar-refractivity contribution in [2.75, 3.05) is 5.32 Å². The molecule has 1 aromatic carbocycles. The molecule has 0 saturated carbocycles. The Morgan fingerprint density at radius 1 is 1.17 bits per heavy atom. The molecule has 124 valence electrons. The lowest BCUT2D eigenvalue weighted by atomic mass is 10.1. The highest BCUT2D eigenvalue weighted by Gasteiger charge is 2.22. The highest BCUT2D eigenvalue weighted by Crippen LogP contribution is 2.19. The lowest BCUT2D eigenvalue weighted by molar-refractivity contribution is 0.0996. The number of sulfonamides is 1. The summed E-state index contributed by atoms with van der Waals surface area (Å²) < 4.78 is 32.3. The summed E-state index contributed by atoms with van der Waals surface area (Å²) in [6, 6.07) is 7.75. The second-order valence-electron chi connectivity index (χ2n) is 6.27. The molecule has 2 rings (SSSR count). The zero-order chi connectivity index (χ0) is 17.3. The Kier molecular flexibility index (Phi) is 4.63. The van der Waals surface area contributed by atoms with Crippen LogP contribution >= 0.6 is 0 Å². The number of carbonyl (C=O) groups is 1. The summed E-state index contributed by atoms with van der Waals surface area (Å²) in [4.78, 5) is 12.2. The van der Waals surface area contributed by atoms with Crippen molar-refractivity contribution in [2.45, 2.75) is 38.1 Å². The van der Waals surface area contributed by atoms with Gasteiger partial charge in [0.15, 0.2) is 5.76 Å². The van der Waals surface area contributed by atoms with Crippen molar-refractivity contribution >= 4 is 21.6 Å². The highest BCUT2D eigenvalue weighted by molar-refractivity contribution is 7.89. The van der Waals surface area contributed by atoms with E-state index in [-0.39, 0.29) is 10.7 Å². The highest BCUT2D eigenvalue weighted by atomic mass is 32.2. The topological polar surface area (TPSA) is 88.4 Å². The van der Waals surface area contributed by atoms with Gasteiger partial charge in [0, 0.05) is 16.8 Å². The van der Waals surface area contributed by atoms with Crippen LogP contribution in [0.15, 0.2) is 45.9 Å². The third-order valence-corrected chi connectivity index (χ3v) is 4.67. The van der Waals surface area contributed by atoms with Crippen molar-refractivity contribution in [3.05, 3.63) is 47.9 Å². The van der Waals surface area contributed by atoms with Crippen LogP contribution in [0.25, 0.3) is 0 Å². The van der Waals surface area contributed by atoms with Gasteiger partial charge in [-0.1, -0.05) is 6.07 Å². The number of rotatable bonds is 4. The molecule has 2 N–H and O–H groups in total. The molecule has 23 heavy (non-hydrogen) atoms. The molecular weight excluding hydrogens is 316 g/mol. The molecule has 0 fully saturated rings. The van der Waals surface area contributed by atoms with Gasteiger partial charge in [-0.25, -0.2) is 13.1 Å². The van der Waals surface area contributed by atoms with Crippen LogP contribution in [0.3, 0.4) is 0 Å². The summed E-state index contributed by atoms with van der Waals surface area (Å²) in [5, 5.41) is 2.64. The van der Waals surface area contributed by atoms with Crippen molar-refractivity contribution in [1.82, 2.24) is 4.72 Å². The van der Waals surface area contributed by atoms with Crippen LogP contribution < -0.4 is 10.0 Å². The Labute approximate surface area is 135 Å². The molecule has 0 unspecified atom stereocenters. The Balaban J connectivity index is 2.24. The Morgan fingerprint density at radius 3 is 2.43 bits per heavy atom. The molecule has 1 heterocycles. The average Bonchev–Trinajstić information content (AvgIpc) is 2.82. The average molecular weight is 336 g/mol. The largest absolute Gasteiger partial charge is 0.459 e. The van der Waals surface area contributed by atoms with E-state index in [1.807, 2.05) is 0 Å². The van der Waals surface area contributed by atoms with Crippen molar-refractivity contribution in [3.63, 3.8) is 0 Å². The number of anilines is 1. The molecule has 7 heteroatoms. The monoisotopic (exact) mass is 336 g/mol. The lowest BCUT2D eigenvalue weighted by Crippen LogP contribution is -2.40. The van der Waals surface area contributed by atoms with Crippen LogP contribution in [-0.2, 0) is 10.0 Å². The molecule has 1 aromatic heterocycles. The molecule has 0 radical (unpaired) electrons. The Hall–Kier alpha value is -2.12. The zero-order valence-corrected chi connectivity index (χ0v) is 14.3. The Bertz CT molecular complexity index is 817. The lowest BCUT2D eigenvalue weighted by Gasteiger charge is -2.20. The zero-order valence-electron chi connectivity index (χ0n) is 13.5. The van der Waals surface area contributed by atoms with Gasteiger partial charge in [0.1, 0.15) is 0 Å². The number of carbonyl (C=O) groups excluding carboxylic acids is 1. The van der Waals surface area contributed by atoms with E-state index in [1.165, 1.54) is 18.4 Å². The third-order valence-electron chi connectivity index (χ3n) is 2.91. The van der Waals surface area contributed by atoms with Gasteiger partial charge < -0.3 is 9.73 Å². The molecule has 0 aliphatic rings. The predicted octanol–water partition coefficient (Wildman–Crippen LogP) is 2.92. The third kappa shape index (κ3) is 4.43. The second-order valence-corrected chi connectivity index (χ2v) is 7.95.